The number of aromatic nitrogens is 1. The van der Waals surface area contributed by atoms with Crippen molar-refractivity contribution in [2.24, 2.45) is 0 Å². The second-order valence-corrected chi connectivity index (χ2v) is 5.32. The zero-order valence-electron chi connectivity index (χ0n) is 10.7. The van der Waals surface area contributed by atoms with Gasteiger partial charge >= 0.3 is 0 Å². The van der Waals surface area contributed by atoms with Crippen LogP contribution in [-0.2, 0) is 0 Å². The van der Waals surface area contributed by atoms with Crippen molar-refractivity contribution in [3.05, 3.63) is 52.3 Å². The van der Waals surface area contributed by atoms with Gasteiger partial charge in [0, 0.05) is 10.7 Å². The first-order chi connectivity index (χ1) is 9.11. The quantitative estimate of drug-likeness (QED) is 0.829. The van der Waals surface area contributed by atoms with E-state index in [2.05, 4.69) is 34.8 Å². The molecule has 0 aliphatic carbocycles. The molecule has 0 amide bonds. The van der Waals surface area contributed by atoms with Gasteiger partial charge in [0.1, 0.15) is 11.8 Å². The van der Waals surface area contributed by atoms with E-state index in [-0.39, 0.29) is 0 Å². The standard InChI is InChI=1S/C15H13BrN2O/c1-10(2)12-8-11(16)5-6-14(12)19-15-4-3-7-18-13(15)9-17/h3-8,10H,1-2H3. The third-order valence-electron chi connectivity index (χ3n) is 2.69. The Balaban J connectivity index is 2.41. The monoisotopic (exact) mass is 316 g/mol. The highest BCUT2D eigenvalue weighted by molar-refractivity contribution is 9.10. The Morgan fingerprint density at radius 1 is 1.26 bits per heavy atom. The average molecular weight is 317 g/mol. The molecule has 1 aromatic heterocycles. The van der Waals surface area contributed by atoms with Crippen LogP contribution in [-0.4, -0.2) is 4.98 Å². The molecule has 19 heavy (non-hydrogen) atoms. The second kappa shape index (κ2) is 5.85. The normalized spacial score (nSPS) is 10.3. The zero-order chi connectivity index (χ0) is 13.8. The van der Waals surface area contributed by atoms with Crippen molar-refractivity contribution in [3.63, 3.8) is 0 Å². The predicted molar refractivity (Wildman–Crippen MR) is 77.3 cm³/mol. The highest BCUT2D eigenvalue weighted by Gasteiger charge is 2.11. The molecule has 0 N–H and O–H groups in total. The summed E-state index contributed by atoms with van der Waals surface area (Å²) in [5, 5.41) is 9.02. The topological polar surface area (TPSA) is 45.9 Å². The lowest BCUT2D eigenvalue weighted by Crippen LogP contribution is -1.96. The zero-order valence-corrected chi connectivity index (χ0v) is 12.3. The van der Waals surface area contributed by atoms with Gasteiger partial charge < -0.3 is 4.74 Å². The van der Waals surface area contributed by atoms with Gasteiger partial charge in [-0.3, -0.25) is 0 Å². The number of nitrogens with zero attached hydrogens (tertiary/aromatic N) is 2. The van der Waals surface area contributed by atoms with Crippen molar-refractivity contribution < 1.29 is 4.74 Å². The van der Waals surface area contributed by atoms with E-state index in [9.17, 15) is 0 Å². The fraction of sp³-hybridized carbons (Fsp3) is 0.200. The van der Waals surface area contributed by atoms with Crippen LogP contribution >= 0.6 is 15.9 Å². The summed E-state index contributed by atoms with van der Waals surface area (Å²) in [4.78, 5) is 3.99. The summed E-state index contributed by atoms with van der Waals surface area (Å²) >= 11 is 3.46. The van der Waals surface area contributed by atoms with Crippen LogP contribution in [0.5, 0.6) is 11.5 Å². The van der Waals surface area contributed by atoms with Gasteiger partial charge in [0.05, 0.1) is 0 Å². The van der Waals surface area contributed by atoms with E-state index in [1.807, 2.05) is 24.3 Å². The molecule has 0 saturated carbocycles. The first-order valence-corrected chi connectivity index (χ1v) is 6.73. The molecule has 0 aliphatic heterocycles. The Morgan fingerprint density at radius 2 is 2.05 bits per heavy atom. The summed E-state index contributed by atoms with van der Waals surface area (Å²) in [6.07, 6.45) is 1.58. The van der Waals surface area contributed by atoms with E-state index in [0.717, 1.165) is 15.8 Å². The van der Waals surface area contributed by atoms with E-state index in [1.54, 1.807) is 18.3 Å². The van der Waals surface area contributed by atoms with E-state index >= 15 is 0 Å². The van der Waals surface area contributed by atoms with Crippen LogP contribution in [0.2, 0.25) is 0 Å². The summed E-state index contributed by atoms with van der Waals surface area (Å²) in [7, 11) is 0. The fourth-order valence-corrected chi connectivity index (χ4v) is 2.12. The minimum atomic E-state index is 0.292. The largest absolute Gasteiger partial charge is 0.454 e. The molecule has 96 valence electrons. The first-order valence-electron chi connectivity index (χ1n) is 5.94. The smallest absolute Gasteiger partial charge is 0.183 e. The van der Waals surface area contributed by atoms with Crippen LogP contribution < -0.4 is 4.74 Å². The summed E-state index contributed by atoms with van der Waals surface area (Å²) in [5.41, 5.74) is 1.38. The number of nitriles is 1. The van der Waals surface area contributed by atoms with Crippen LogP contribution in [0.15, 0.2) is 41.0 Å². The highest BCUT2D eigenvalue weighted by Crippen LogP contribution is 2.33. The van der Waals surface area contributed by atoms with Gasteiger partial charge in [0.2, 0.25) is 0 Å². The predicted octanol–water partition coefficient (Wildman–Crippen LogP) is 4.63. The Labute approximate surface area is 121 Å². The van der Waals surface area contributed by atoms with E-state index in [4.69, 9.17) is 10.00 Å². The van der Waals surface area contributed by atoms with Crippen LogP contribution in [0.1, 0.15) is 31.0 Å². The molecule has 0 bridgehead atoms. The van der Waals surface area contributed by atoms with Crippen molar-refractivity contribution in [3.8, 4) is 17.6 Å². The summed E-state index contributed by atoms with van der Waals surface area (Å²) in [5.74, 6) is 1.56. The molecule has 3 nitrogen and oxygen atoms in total. The molecule has 0 saturated heterocycles. The number of halogens is 1. The molecular formula is C15H13BrN2O. The maximum absolute atomic E-state index is 9.02. The Bertz CT molecular complexity index is 632. The molecular weight excluding hydrogens is 304 g/mol. The van der Waals surface area contributed by atoms with Crippen molar-refractivity contribution in [2.75, 3.05) is 0 Å². The number of pyridine rings is 1. The van der Waals surface area contributed by atoms with Gasteiger partial charge in [-0.2, -0.15) is 5.26 Å². The van der Waals surface area contributed by atoms with Gasteiger partial charge in [-0.25, -0.2) is 4.98 Å². The second-order valence-electron chi connectivity index (χ2n) is 4.40. The Hall–Kier alpha value is -1.86. The van der Waals surface area contributed by atoms with E-state index < -0.39 is 0 Å². The van der Waals surface area contributed by atoms with E-state index in [0.29, 0.717) is 17.4 Å². The molecule has 0 unspecified atom stereocenters. The summed E-state index contributed by atoms with van der Waals surface area (Å²) < 4.78 is 6.85. The molecule has 0 fully saturated rings. The highest BCUT2D eigenvalue weighted by atomic mass is 79.9. The van der Waals surface area contributed by atoms with Crippen molar-refractivity contribution in [2.45, 2.75) is 19.8 Å². The van der Waals surface area contributed by atoms with Gasteiger partial charge in [0.15, 0.2) is 11.4 Å². The van der Waals surface area contributed by atoms with Gasteiger partial charge in [0.25, 0.3) is 0 Å². The van der Waals surface area contributed by atoms with Crippen LogP contribution in [0.3, 0.4) is 0 Å². The molecule has 1 heterocycles. The number of hydrogen-bond donors (Lipinski definition) is 0. The molecule has 4 heteroatoms. The minimum absolute atomic E-state index is 0.292. The lowest BCUT2D eigenvalue weighted by molar-refractivity contribution is 0.469. The third-order valence-corrected chi connectivity index (χ3v) is 3.18. The van der Waals surface area contributed by atoms with Crippen LogP contribution in [0.25, 0.3) is 0 Å². The van der Waals surface area contributed by atoms with Crippen LogP contribution in [0, 0.1) is 11.3 Å². The molecule has 2 aromatic rings. The van der Waals surface area contributed by atoms with Crippen LogP contribution in [0.4, 0.5) is 0 Å². The molecule has 0 atom stereocenters. The molecule has 1 aromatic carbocycles. The van der Waals surface area contributed by atoms with Crippen molar-refractivity contribution >= 4 is 15.9 Å². The van der Waals surface area contributed by atoms with E-state index in [1.165, 1.54) is 0 Å². The average Bonchev–Trinajstić information content (AvgIpc) is 2.41. The lowest BCUT2D eigenvalue weighted by atomic mass is 10.0. The van der Waals surface area contributed by atoms with Gasteiger partial charge in [-0.1, -0.05) is 29.8 Å². The first kappa shape index (κ1) is 13.6. The number of hydrogen-bond acceptors (Lipinski definition) is 3. The summed E-state index contributed by atoms with van der Waals surface area (Å²) in [6.45, 7) is 4.20. The number of rotatable bonds is 3. The van der Waals surface area contributed by atoms with Crippen molar-refractivity contribution in [1.29, 1.82) is 5.26 Å². The van der Waals surface area contributed by atoms with Crippen molar-refractivity contribution in [1.82, 2.24) is 4.98 Å². The Morgan fingerprint density at radius 3 is 2.74 bits per heavy atom. The third kappa shape index (κ3) is 3.12. The fourth-order valence-electron chi connectivity index (χ4n) is 1.74. The Kier molecular flexibility index (Phi) is 4.18. The minimum Gasteiger partial charge on any atom is -0.454 e. The van der Waals surface area contributed by atoms with Gasteiger partial charge in [-0.05, 0) is 41.8 Å². The maximum atomic E-state index is 9.02. The lowest BCUT2D eigenvalue weighted by Gasteiger charge is -2.14. The number of ether oxygens (including phenoxy) is 1. The maximum Gasteiger partial charge on any atom is 0.183 e. The number of benzene rings is 1. The van der Waals surface area contributed by atoms with Gasteiger partial charge in [-0.15, -0.1) is 0 Å². The summed E-state index contributed by atoms with van der Waals surface area (Å²) in [6, 6.07) is 11.4. The molecule has 2 rings (SSSR count). The molecule has 0 radical (unpaired) electrons. The molecule has 0 spiro atoms. The molecule has 0 aliphatic rings. The SMILES string of the molecule is CC(C)c1cc(Br)ccc1Oc1cccnc1C#N.